The van der Waals surface area contributed by atoms with Crippen LogP contribution in [-0.2, 0) is 9.59 Å². The first-order valence-electron chi connectivity index (χ1n) is 7.77. The van der Waals surface area contributed by atoms with E-state index in [-0.39, 0.29) is 11.8 Å². The van der Waals surface area contributed by atoms with Gasteiger partial charge in [0, 0.05) is 31.3 Å². The maximum absolute atomic E-state index is 12.2. The number of amides is 2. The van der Waals surface area contributed by atoms with Crippen molar-refractivity contribution in [3.8, 4) is 0 Å². The first-order valence-corrected chi connectivity index (χ1v) is 7.77. The van der Waals surface area contributed by atoms with Gasteiger partial charge in [-0.15, -0.1) is 0 Å². The Bertz CT molecular complexity index is 759. The van der Waals surface area contributed by atoms with E-state index in [2.05, 4.69) is 15.6 Å². The minimum absolute atomic E-state index is 0.175. The topological polar surface area (TPSA) is 87.5 Å². The predicted octanol–water partition coefficient (Wildman–Crippen LogP) is 2.38. The lowest BCUT2D eigenvalue weighted by Crippen LogP contribution is -2.46. The summed E-state index contributed by atoms with van der Waals surface area (Å²) in [6.07, 6.45) is 0. The minimum Gasteiger partial charge on any atom is -0.423 e. The first kappa shape index (κ1) is 17.8. The van der Waals surface area contributed by atoms with Crippen LogP contribution < -0.4 is 15.5 Å². The number of aromatic nitrogens is 1. The van der Waals surface area contributed by atoms with E-state index in [9.17, 15) is 9.59 Å². The third kappa shape index (κ3) is 4.04. The van der Waals surface area contributed by atoms with E-state index in [1.807, 2.05) is 14.1 Å². The number of hydrogen-bond donors (Lipinski definition) is 2. The first-order chi connectivity index (χ1) is 11.1. The number of carbonyl (C=O) groups excluding carboxylic acids is 2. The zero-order chi connectivity index (χ0) is 18.1. The third-order valence-corrected chi connectivity index (χ3v) is 3.45. The summed E-state index contributed by atoms with van der Waals surface area (Å²) >= 11 is 0. The van der Waals surface area contributed by atoms with Crippen molar-refractivity contribution in [3.05, 3.63) is 18.2 Å². The number of rotatable bonds is 4. The minimum atomic E-state index is -0.639. The molecule has 7 nitrogen and oxygen atoms in total. The molecular formula is C17H24N4O3. The van der Waals surface area contributed by atoms with E-state index in [0.717, 1.165) is 0 Å². The number of anilines is 2. The fourth-order valence-electron chi connectivity index (χ4n) is 1.91. The zero-order valence-electron chi connectivity index (χ0n) is 14.9. The number of benzene rings is 1. The van der Waals surface area contributed by atoms with E-state index in [1.165, 1.54) is 0 Å². The van der Waals surface area contributed by atoms with Crippen LogP contribution in [-0.4, -0.2) is 36.9 Å². The van der Waals surface area contributed by atoms with Gasteiger partial charge in [0.15, 0.2) is 5.58 Å². The number of nitrogens with one attached hydrogen (secondary N) is 2. The van der Waals surface area contributed by atoms with Gasteiger partial charge in [-0.25, -0.2) is 0 Å². The molecule has 0 aliphatic rings. The second-order valence-electron chi connectivity index (χ2n) is 7.01. The lowest BCUT2D eigenvalue weighted by molar-refractivity contribution is -0.131. The van der Waals surface area contributed by atoms with Gasteiger partial charge in [-0.3, -0.25) is 9.59 Å². The summed E-state index contributed by atoms with van der Waals surface area (Å²) in [5.74, 6) is -0.467. The van der Waals surface area contributed by atoms with Crippen LogP contribution >= 0.6 is 0 Å². The SMILES string of the molecule is C[C@H](NC(=O)C(C)(C)C)C(=O)Nc1ccc2nc(N(C)C)oc2c1. The van der Waals surface area contributed by atoms with Crippen LogP contribution in [0.3, 0.4) is 0 Å². The fraction of sp³-hybridized carbons (Fsp3) is 0.471. The van der Waals surface area contributed by atoms with Crippen LogP contribution in [0.2, 0.25) is 0 Å². The predicted molar refractivity (Wildman–Crippen MR) is 94.0 cm³/mol. The van der Waals surface area contributed by atoms with Crippen molar-refractivity contribution in [1.29, 1.82) is 0 Å². The van der Waals surface area contributed by atoms with Gasteiger partial charge in [-0.1, -0.05) is 20.8 Å². The fourth-order valence-corrected chi connectivity index (χ4v) is 1.91. The summed E-state index contributed by atoms with van der Waals surface area (Å²) in [5.41, 5.74) is 1.34. The van der Waals surface area contributed by atoms with Crippen LogP contribution in [0.4, 0.5) is 11.7 Å². The van der Waals surface area contributed by atoms with Crippen molar-refractivity contribution in [3.63, 3.8) is 0 Å². The number of oxazole rings is 1. The summed E-state index contributed by atoms with van der Waals surface area (Å²) in [4.78, 5) is 30.3. The number of nitrogens with zero attached hydrogens (tertiary/aromatic N) is 2. The Morgan fingerprint density at radius 1 is 1.25 bits per heavy atom. The highest BCUT2D eigenvalue weighted by Gasteiger charge is 2.25. The third-order valence-electron chi connectivity index (χ3n) is 3.45. The molecule has 0 aliphatic heterocycles. The van der Waals surface area contributed by atoms with E-state index in [4.69, 9.17) is 4.42 Å². The molecule has 0 bridgehead atoms. The molecule has 0 radical (unpaired) electrons. The molecule has 0 spiro atoms. The molecule has 2 rings (SSSR count). The molecule has 2 aromatic rings. The van der Waals surface area contributed by atoms with Gasteiger partial charge in [0.1, 0.15) is 11.6 Å². The molecule has 2 amide bonds. The van der Waals surface area contributed by atoms with E-state index in [1.54, 1.807) is 50.8 Å². The van der Waals surface area contributed by atoms with Crippen LogP contribution in [0.25, 0.3) is 11.1 Å². The Morgan fingerprint density at radius 3 is 2.50 bits per heavy atom. The molecule has 7 heteroatoms. The number of carbonyl (C=O) groups is 2. The van der Waals surface area contributed by atoms with Crippen molar-refractivity contribution in [2.24, 2.45) is 5.41 Å². The van der Waals surface area contributed by atoms with Gasteiger partial charge < -0.3 is 20.0 Å². The van der Waals surface area contributed by atoms with Crippen molar-refractivity contribution >= 4 is 34.6 Å². The van der Waals surface area contributed by atoms with Gasteiger partial charge in [-0.05, 0) is 19.1 Å². The highest BCUT2D eigenvalue weighted by atomic mass is 16.4. The monoisotopic (exact) mass is 332 g/mol. The van der Waals surface area contributed by atoms with Gasteiger partial charge in [0.05, 0.1) is 0 Å². The molecule has 24 heavy (non-hydrogen) atoms. The molecule has 1 aromatic carbocycles. The summed E-state index contributed by atoms with van der Waals surface area (Å²) in [6.45, 7) is 7.05. The molecule has 1 atom stereocenters. The largest absolute Gasteiger partial charge is 0.423 e. The molecule has 1 heterocycles. The Morgan fingerprint density at radius 2 is 1.92 bits per heavy atom. The van der Waals surface area contributed by atoms with Crippen LogP contribution in [0.1, 0.15) is 27.7 Å². The molecule has 0 unspecified atom stereocenters. The maximum Gasteiger partial charge on any atom is 0.297 e. The summed E-state index contributed by atoms with van der Waals surface area (Å²) in [6, 6.07) is 5.10. The highest BCUT2D eigenvalue weighted by molar-refractivity contribution is 5.98. The van der Waals surface area contributed by atoms with Crippen molar-refractivity contribution in [2.45, 2.75) is 33.7 Å². The molecule has 0 saturated heterocycles. The van der Waals surface area contributed by atoms with E-state index < -0.39 is 11.5 Å². The normalized spacial score (nSPS) is 12.8. The zero-order valence-corrected chi connectivity index (χ0v) is 14.9. The Balaban J connectivity index is 2.08. The molecule has 1 aromatic heterocycles. The molecular weight excluding hydrogens is 308 g/mol. The average Bonchev–Trinajstić information content (AvgIpc) is 2.89. The number of fused-ring (bicyclic) bond motifs is 1. The quantitative estimate of drug-likeness (QED) is 0.897. The van der Waals surface area contributed by atoms with Crippen LogP contribution in [0, 0.1) is 5.41 Å². The molecule has 0 fully saturated rings. The lowest BCUT2D eigenvalue weighted by atomic mass is 9.95. The second kappa shape index (κ2) is 6.51. The molecule has 130 valence electrons. The standard InChI is InChI=1S/C17H24N4O3/c1-10(18-15(23)17(2,3)4)14(22)19-11-7-8-12-13(9-11)24-16(20-12)21(5)6/h7-10H,1-6H3,(H,18,23)(H,19,22)/t10-/m0/s1. The van der Waals surface area contributed by atoms with Crippen LogP contribution in [0.15, 0.2) is 22.6 Å². The van der Waals surface area contributed by atoms with Gasteiger partial charge >= 0.3 is 0 Å². The van der Waals surface area contributed by atoms with E-state index >= 15 is 0 Å². The number of hydrogen-bond acceptors (Lipinski definition) is 5. The van der Waals surface area contributed by atoms with Crippen molar-refractivity contribution in [1.82, 2.24) is 10.3 Å². The highest BCUT2D eigenvalue weighted by Crippen LogP contribution is 2.23. The Labute approximate surface area is 141 Å². The van der Waals surface area contributed by atoms with Gasteiger partial charge in [0.25, 0.3) is 6.01 Å². The second-order valence-corrected chi connectivity index (χ2v) is 7.01. The smallest absolute Gasteiger partial charge is 0.297 e. The summed E-state index contributed by atoms with van der Waals surface area (Å²) in [7, 11) is 3.68. The Hall–Kier alpha value is -2.57. The molecule has 0 aliphatic carbocycles. The maximum atomic E-state index is 12.2. The van der Waals surface area contributed by atoms with E-state index in [0.29, 0.717) is 22.8 Å². The summed E-state index contributed by atoms with van der Waals surface area (Å²) in [5, 5.41) is 5.48. The lowest BCUT2D eigenvalue weighted by Gasteiger charge is -2.21. The van der Waals surface area contributed by atoms with Gasteiger partial charge in [-0.2, -0.15) is 4.98 Å². The van der Waals surface area contributed by atoms with Crippen LogP contribution in [0.5, 0.6) is 0 Å². The summed E-state index contributed by atoms with van der Waals surface area (Å²) < 4.78 is 5.62. The van der Waals surface area contributed by atoms with Crippen molar-refractivity contribution < 1.29 is 14.0 Å². The molecule has 0 saturated carbocycles. The average molecular weight is 332 g/mol. The van der Waals surface area contributed by atoms with Gasteiger partial charge in [0.2, 0.25) is 11.8 Å². The molecule has 2 N–H and O–H groups in total. The Kier molecular flexibility index (Phi) is 4.82. The van der Waals surface area contributed by atoms with Crippen molar-refractivity contribution in [2.75, 3.05) is 24.3 Å².